The van der Waals surface area contributed by atoms with Crippen LogP contribution in [0.2, 0.25) is 0 Å². The molecule has 0 radical (unpaired) electrons. The molecular formula is C21H22N2O7S. The molecule has 1 saturated heterocycles. The van der Waals surface area contributed by atoms with Gasteiger partial charge in [0, 0.05) is 19.1 Å². The molecule has 0 aliphatic carbocycles. The number of hydrogen-bond acceptors (Lipinski definition) is 7. The van der Waals surface area contributed by atoms with E-state index in [4.69, 9.17) is 14.2 Å². The maximum absolute atomic E-state index is 13.8. The summed E-state index contributed by atoms with van der Waals surface area (Å²) in [6.07, 6.45) is -2.04. The topological polar surface area (TPSA) is 102 Å². The fourth-order valence-electron chi connectivity index (χ4n) is 4.52. The van der Waals surface area contributed by atoms with Crippen molar-refractivity contribution >= 4 is 27.8 Å². The largest absolute Gasteiger partial charge is 0.467 e. The first kappa shape index (κ1) is 21.1. The van der Waals surface area contributed by atoms with E-state index < -0.39 is 39.9 Å². The van der Waals surface area contributed by atoms with Crippen molar-refractivity contribution in [1.29, 1.82) is 0 Å². The first-order valence-corrected chi connectivity index (χ1v) is 11.0. The van der Waals surface area contributed by atoms with Gasteiger partial charge >= 0.3 is 12.1 Å². The summed E-state index contributed by atoms with van der Waals surface area (Å²) in [5.41, 5.74) is -0.358. The third kappa shape index (κ3) is 2.89. The molecule has 3 atom stereocenters. The molecule has 4 rings (SSSR count). The van der Waals surface area contributed by atoms with Crippen LogP contribution in [0.4, 0.5) is 10.5 Å². The second kappa shape index (κ2) is 7.54. The van der Waals surface area contributed by atoms with E-state index in [0.717, 1.165) is 9.21 Å². The van der Waals surface area contributed by atoms with Crippen LogP contribution in [0.3, 0.4) is 0 Å². The molecule has 0 N–H and O–H groups in total. The molecule has 2 heterocycles. The van der Waals surface area contributed by atoms with E-state index in [-0.39, 0.29) is 11.3 Å². The van der Waals surface area contributed by atoms with Crippen molar-refractivity contribution < 1.29 is 32.2 Å². The molecule has 1 amide bonds. The zero-order valence-electron chi connectivity index (χ0n) is 17.2. The molecule has 2 aliphatic heterocycles. The minimum atomic E-state index is -4.13. The summed E-state index contributed by atoms with van der Waals surface area (Å²) in [5.74, 6) is -0.689. The zero-order valence-corrected chi connectivity index (χ0v) is 18.0. The number of anilines is 1. The quantitative estimate of drug-likeness (QED) is 0.663. The van der Waals surface area contributed by atoms with Gasteiger partial charge in [0.05, 0.1) is 24.8 Å². The van der Waals surface area contributed by atoms with Crippen LogP contribution >= 0.6 is 0 Å². The van der Waals surface area contributed by atoms with E-state index in [0.29, 0.717) is 11.3 Å². The van der Waals surface area contributed by atoms with Crippen LogP contribution in [-0.2, 0) is 34.6 Å². The van der Waals surface area contributed by atoms with Gasteiger partial charge in [0.2, 0.25) is 0 Å². The van der Waals surface area contributed by atoms with Crippen molar-refractivity contribution in [3.8, 4) is 0 Å². The molecule has 2 aromatic carbocycles. The molecule has 0 unspecified atom stereocenters. The fraction of sp³-hybridized carbons (Fsp3) is 0.333. The minimum Gasteiger partial charge on any atom is -0.467 e. The molecule has 0 saturated carbocycles. The molecule has 1 fully saturated rings. The predicted octanol–water partition coefficient (Wildman–Crippen LogP) is 2.08. The Kier molecular flexibility index (Phi) is 5.14. The molecule has 10 heteroatoms. The Bertz CT molecular complexity index is 1120. The summed E-state index contributed by atoms with van der Waals surface area (Å²) in [7, 11) is -0.331. The fourth-order valence-corrected chi connectivity index (χ4v) is 6.21. The third-order valence-electron chi connectivity index (χ3n) is 5.86. The number of benzene rings is 2. The number of sulfonamides is 1. The Morgan fingerprint density at radius 1 is 0.968 bits per heavy atom. The molecule has 0 spiro atoms. The van der Waals surface area contributed by atoms with E-state index in [1.165, 1.54) is 33.5 Å². The van der Waals surface area contributed by atoms with Crippen molar-refractivity contribution in [2.45, 2.75) is 29.1 Å². The lowest BCUT2D eigenvalue weighted by molar-refractivity contribution is -0.145. The van der Waals surface area contributed by atoms with Gasteiger partial charge in [0.25, 0.3) is 10.0 Å². The van der Waals surface area contributed by atoms with Crippen LogP contribution in [0.5, 0.6) is 0 Å². The number of likely N-dealkylation sites (tertiary alicyclic amines) is 1. The smallest absolute Gasteiger partial charge is 0.412 e. The van der Waals surface area contributed by atoms with Crippen LogP contribution in [-0.4, -0.2) is 58.9 Å². The number of fused-ring (bicyclic) bond motifs is 3. The standard InChI is InChI=1S/C21H22N2O7S/c1-28-18(24)17-13-21(30-3)15-11-7-8-12-16(15)23(19(21)22(17)20(25)29-2)31(26,27)14-9-5-4-6-10-14/h4-12,17,19H,13H2,1-3H3/t17-,19-,21-/m0/s1. The summed E-state index contributed by atoms with van der Waals surface area (Å²) in [6, 6.07) is 13.6. The van der Waals surface area contributed by atoms with Gasteiger partial charge in [-0.25, -0.2) is 22.3 Å². The van der Waals surface area contributed by atoms with Gasteiger partial charge in [-0.3, -0.25) is 4.90 Å². The number of rotatable bonds is 4. The normalized spacial score (nSPS) is 24.5. The number of ether oxygens (including phenoxy) is 3. The van der Waals surface area contributed by atoms with Gasteiger partial charge in [0.1, 0.15) is 11.6 Å². The number of carbonyl (C=O) groups is 2. The molecule has 164 valence electrons. The van der Waals surface area contributed by atoms with Gasteiger partial charge in [-0.15, -0.1) is 0 Å². The number of nitrogens with zero attached hydrogens (tertiary/aromatic N) is 2. The summed E-state index contributed by atoms with van der Waals surface area (Å²) in [5, 5.41) is 0. The first-order valence-electron chi connectivity index (χ1n) is 9.51. The number of esters is 1. The molecule has 31 heavy (non-hydrogen) atoms. The summed E-state index contributed by atoms with van der Waals surface area (Å²) >= 11 is 0. The second-order valence-electron chi connectivity index (χ2n) is 7.22. The van der Waals surface area contributed by atoms with Crippen LogP contribution in [0.1, 0.15) is 12.0 Å². The van der Waals surface area contributed by atoms with Crippen LogP contribution in [0.15, 0.2) is 59.5 Å². The van der Waals surface area contributed by atoms with E-state index in [1.54, 1.807) is 42.5 Å². The lowest BCUT2D eigenvalue weighted by Gasteiger charge is -2.36. The Labute approximate surface area is 180 Å². The van der Waals surface area contributed by atoms with Gasteiger partial charge in [-0.2, -0.15) is 0 Å². The number of carbonyl (C=O) groups excluding carboxylic acids is 2. The number of amides is 1. The Morgan fingerprint density at radius 3 is 2.23 bits per heavy atom. The van der Waals surface area contributed by atoms with Crippen molar-refractivity contribution in [1.82, 2.24) is 4.90 Å². The summed E-state index contributed by atoms with van der Waals surface area (Å²) in [4.78, 5) is 26.5. The van der Waals surface area contributed by atoms with Crippen molar-refractivity contribution in [3.05, 3.63) is 60.2 Å². The molecular weight excluding hydrogens is 424 g/mol. The van der Waals surface area contributed by atoms with E-state index in [2.05, 4.69) is 0 Å². The van der Waals surface area contributed by atoms with Crippen LogP contribution in [0, 0.1) is 0 Å². The maximum atomic E-state index is 13.8. The highest BCUT2D eigenvalue weighted by atomic mass is 32.2. The average Bonchev–Trinajstić information content (AvgIpc) is 3.28. The Balaban J connectivity index is 1.99. The SMILES string of the molecule is COC(=O)[C@@H]1C[C@]2(OC)c3ccccc3N(S(=O)(=O)c3ccccc3)[C@@H]2N1C(=O)OC. The average molecular weight is 446 g/mol. The minimum absolute atomic E-state index is 0.00770. The van der Waals surface area contributed by atoms with Crippen LogP contribution in [0.25, 0.3) is 0 Å². The van der Waals surface area contributed by atoms with Gasteiger partial charge in [-0.1, -0.05) is 36.4 Å². The molecule has 0 aromatic heterocycles. The molecule has 2 aromatic rings. The van der Waals surface area contributed by atoms with Crippen molar-refractivity contribution in [2.75, 3.05) is 25.6 Å². The highest BCUT2D eigenvalue weighted by Gasteiger charge is 2.67. The van der Waals surface area contributed by atoms with E-state index in [1.807, 2.05) is 0 Å². The third-order valence-corrected chi connectivity index (χ3v) is 7.64. The lowest BCUT2D eigenvalue weighted by Crippen LogP contribution is -2.56. The lowest BCUT2D eigenvalue weighted by atomic mass is 9.91. The number of para-hydroxylation sites is 1. The summed E-state index contributed by atoms with van der Waals surface area (Å²) < 4.78 is 44.4. The van der Waals surface area contributed by atoms with Crippen molar-refractivity contribution in [3.63, 3.8) is 0 Å². The number of hydrogen-bond donors (Lipinski definition) is 0. The van der Waals surface area contributed by atoms with Crippen molar-refractivity contribution in [2.24, 2.45) is 0 Å². The van der Waals surface area contributed by atoms with E-state index in [9.17, 15) is 18.0 Å². The number of methoxy groups -OCH3 is 3. The van der Waals surface area contributed by atoms with Gasteiger partial charge in [0.15, 0.2) is 6.17 Å². The summed E-state index contributed by atoms with van der Waals surface area (Å²) in [6.45, 7) is 0. The first-order chi connectivity index (χ1) is 14.8. The zero-order chi connectivity index (χ0) is 22.4. The highest BCUT2D eigenvalue weighted by Crippen LogP contribution is 2.56. The molecule has 9 nitrogen and oxygen atoms in total. The van der Waals surface area contributed by atoms with Crippen LogP contribution < -0.4 is 4.31 Å². The van der Waals surface area contributed by atoms with Gasteiger partial charge in [-0.05, 0) is 18.2 Å². The van der Waals surface area contributed by atoms with Gasteiger partial charge < -0.3 is 14.2 Å². The van der Waals surface area contributed by atoms with E-state index >= 15 is 0 Å². The monoisotopic (exact) mass is 446 g/mol. The maximum Gasteiger partial charge on any atom is 0.412 e. The molecule has 0 bridgehead atoms. The predicted molar refractivity (Wildman–Crippen MR) is 110 cm³/mol. The Morgan fingerprint density at radius 2 is 1.61 bits per heavy atom. The highest BCUT2D eigenvalue weighted by molar-refractivity contribution is 7.92. The molecule has 2 aliphatic rings. The second-order valence-corrected chi connectivity index (χ2v) is 9.03. The Hall–Kier alpha value is -3.11.